The minimum atomic E-state index is -0.153. The molecular formula is C15H20N4O2. The number of aryl methyl sites for hydroxylation is 1. The van der Waals surface area contributed by atoms with Crippen molar-refractivity contribution in [3.63, 3.8) is 0 Å². The van der Waals surface area contributed by atoms with Crippen LogP contribution in [0.15, 0.2) is 10.7 Å². The van der Waals surface area contributed by atoms with Crippen LogP contribution in [0.4, 0.5) is 5.82 Å². The summed E-state index contributed by atoms with van der Waals surface area (Å²) in [5.41, 5.74) is 1.03. The molecule has 1 aliphatic carbocycles. The number of amides is 1. The average molecular weight is 288 g/mol. The maximum Gasteiger partial charge on any atom is 0.255 e. The highest BCUT2D eigenvalue weighted by Gasteiger charge is 2.38. The number of hydrogen-bond donors (Lipinski definition) is 2. The van der Waals surface area contributed by atoms with Crippen LogP contribution in [0.5, 0.6) is 0 Å². The molecule has 1 aliphatic rings. The molecule has 3 rings (SSSR count). The molecule has 0 aromatic carbocycles. The fourth-order valence-corrected chi connectivity index (χ4v) is 2.35. The maximum atomic E-state index is 12.4. The van der Waals surface area contributed by atoms with Crippen molar-refractivity contribution >= 4 is 22.8 Å². The molecule has 112 valence electrons. The number of hydrogen-bond acceptors (Lipinski definition) is 5. The largest absolute Gasteiger partial charge is 0.442 e. The Bertz CT molecular complexity index is 701. The standard InChI is InChI=1S/C15H20N4O2/c1-8(2)18-13(20)10-9(3)21-14-11(10)12(16-7-17-14)19-15(4)5-6-15/h7-8H,5-6H2,1-4H3,(H,18,20)(H,16,17,19). The van der Waals surface area contributed by atoms with Gasteiger partial charge < -0.3 is 15.1 Å². The van der Waals surface area contributed by atoms with Gasteiger partial charge in [0.15, 0.2) is 0 Å². The van der Waals surface area contributed by atoms with Crippen molar-refractivity contribution in [2.75, 3.05) is 5.32 Å². The van der Waals surface area contributed by atoms with Gasteiger partial charge in [-0.15, -0.1) is 0 Å². The number of carbonyl (C=O) groups excluding carboxylic acids is 1. The first-order chi connectivity index (χ1) is 9.89. The maximum absolute atomic E-state index is 12.4. The van der Waals surface area contributed by atoms with Gasteiger partial charge >= 0.3 is 0 Å². The Hall–Kier alpha value is -2.11. The van der Waals surface area contributed by atoms with Crippen LogP contribution in [0, 0.1) is 6.92 Å². The third-order valence-electron chi connectivity index (χ3n) is 3.73. The Morgan fingerprint density at radius 2 is 2.10 bits per heavy atom. The molecule has 6 nitrogen and oxygen atoms in total. The van der Waals surface area contributed by atoms with Gasteiger partial charge in [0.05, 0.1) is 10.9 Å². The van der Waals surface area contributed by atoms with Gasteiger partial charge in [-0.25, -0.2) is 9.97 Å². The summed E-state index contributed by atoms with van der Waals surface area (Å²) in [6.07, 6.45) is 3.66. The SMILES string of the molecule is Cc1oc2ncnc(NC3(C)CC3)c2c1C(=O)NC(C)C. The predicted molar refractivity (Wildman–Crippen MR) is 80.4 cm³/mol. The lowest BCUT2D eigenvalue weighted by Gasteiger charge is -2.13. The monoisotopic (exact) mass is 288 g/mol. The van der Waals surface area contributed by atoms with Crippen LogP contribution < -0.4 is 10.6 Å². The van der Waals surface area contributed by atoms with Gasteiger partial charge in [0.25, 0.3) is 5.91 Å². The van der Waals surface area contributed by atoms with E-state index in [1.54, 1.807) is 6.92 Å². The van der Waals surface area contributed by atoms with Gasteiger partial charge in [-0.2, -0.15) is 0 Å². The van der Waals surface area contributed by atoms with E-state index in [9.17, 15) is 4.79 Å². The highest BCUT2D eigenvalue weighted by atomic mass is 16.3. The molecule has 1 saturated carbocycles. The molecule has 2 N–H and O–H groups in total. The molecule has 0 bridgehead atoms. The van der Waals surface area contributed by atoms with Gasteiger partial charge in [-0.1, -0.05) is 0 Å². The molecular weight excluding hydrogens is 268 g/mol. The molecule has 6 heteroatoms. The first kappa shape index (κ1) is 13.9. The minimum absolute atomic E-state index is 0.0591. The molecule has 0 radical (unpaired) electrons. The zero-order valence-corrected chi connectivity index (χ0v) is 12.8. The van der Waals surface area contributed by atoms with E-state index in [4.69, 9.17) is 4.42 Å². The van der Waals surface area contributed by atoms with Gasteiger partial charge in [-0.05, 0) is 40.5 Å². The second-order valence-electron chi connectivity index (χ2n) is 6.25. The van der Waals surface area contributed by atoms with Crippen LogP contribution in [0.25, 0.3) is 11.1 Å². The van der Waals surface area contributed by atoms with Gasteiger partial charge in [0.2, 0.25) is 5.71 Å². The summed E-state index contributed by atoms with van der Waals surface area (Å²) in [7, 11) is 0. The van der Waals surface area contributed by atoms with Crippen molar-refractivity contribution in [1.29, 1.82) is 0 Å². The highest BCUT2D eigenvalue weighted by Crippen LogP contribution is 2.40. The summed E-state index contributed by atoms with van der Waals surface area (Å²) in [6, 6.07) is 0.0591. The summed E-state index contributed by atoms with van der Waals surface area (Å²) in [5, 5.41) is 6.98. The zero-order valence-electron chi connectivity index (χ0n) is 12.8. The Kier molecular flexibility index (Phi) is 3.11. The van der Waals surface area contributed by atoms with E-state index in [-0.39, 0.29) is 17.5 Å². The van der Waals surface area contributed by atoms with Crippen molar-refractivity contribution in [3.8, 4) is 0 Å². The molecule has 0 atom stereocenters. The van der Waals surface area contributed by atoms with E-state index in [0.717, 1.165) is 12.8 Å². The molecule has 2 heterocycles. The fourth-order valence-electron chi connectivity index (χ4n) is 2.35. The molecule has 2 aromatic rings. The summed E-state index contributed by atoms with van der Waals surface area (Å²) in [5.74, 6) is 1.08. The van der Waals surface area contributed by atoms with Crippen molar-refractivity contribution in [1.82, 2.24) is 15.3 Å². The van der Waals surface area contributed by atoms with Gasteiger partial charge in [0.1, 0.15) is 17.9 Å². The zero-order chi connectivity index (χ0) is 15.2. The number of carbonyl (C=O) groups is 1. The number of nitrogens with one attached hydrogen (secondary N) is 2. The lowest BCUT2D eigenvalue weighted by atomic mass is 10.1. The summed E-state index contributed by atoms with van der Waals surface area (Å²) in [4.78, 5) is 20.9. The smallest absolute Gasteiger partial charge is 0.255 e. The molecule has 1 amide bonds. The first-order valence-corrected chi connectivity index (χ1v) is 7.23. The van der Waals surface area contributed by atoms with E-state index >= 15 is 0 Å². The van der Waals surface area contributed by atoms with Crippen molar-refractivity contribution < 1.29 is 9.21 Å². The molecule has 0 saturated heterocycles. The van der Waals surface area contributed by atoms with Crippen LogP contribution in [-0.4, -0.2) is 27.5 Å². The molecule has 21 heavy (non-hydrogen) atoms. The topological polar surface area (TPSA) is 80.1 Å². The van der Waals surface area contributed by atoms with Crippen LogP contribution >= 0.6 is 0 Å². The third kappa shape index (κ3) is 2.57. The summed E-state index contributed by atoms with van der Waals surface area (Å²) in [6.45, 7) is 7.77. The second-order valence-corrected chi connectivity index (χ2v) is 6.25. The normalized spacial score (nSPS) is 16.2. The number of rotatable bonds is 4. The quantitative estimate of drug-likeness (QED) is 0.904. The summed E-state index contributed by atoms with van der Waals surface area (Å²) < 4.78 is 5.63. The second kappa shape index (κ2) is 4.72. The number of anilines is 1. The Morgan fingerprint density at radius 3 is 2.71 bits per heavy atom. The predicted octanol–water partition coefficient (Wildman–Crippen LogP) is 2.63. The molecule has 1 fully saturated rings. The average Bonchev–Trinajstić information content (AvgIpc) is 2.98. The van der Waals surface area contributed by atoms with E-state index in [0.29, 0.717) is 28.2 Å². The Labute approximate surface area is 123 Å². The Balaban J connectivity index is 2.09. The van der Waals surface area contributed by atoms with E-state index in [1.165, 1.54) is 6.33 Å². The first-order valence-electron chi connectivity index (χ1n) is 7.23. The van der Waals surface area contributed by atoms with Crippen LogP contribution in [-0.2, 0) is 0 Å². The molecule has 0 spiro atoms. The Morgan fingerprint density at radius 1 is 1.38 bits per heavy atom. The van der Waals surface area contributed by atoms with E-state index < -0.39 is 0 Å². The van der Waals surface area contributed by atoms with E-state index in [1.807, 2.05) is 13.8 Å². The van der Waals surface area contributed by atoms with E-state index in [2.05, 4.69) is 27.5 Å². The lowest BCUT2D eigenvalue weighted by molar-refractivity contribution is 0.0943. The van der Waals surface area contributed by atoms with Gasteiger partial charge in [0, 0.05) is 11.6 Å². The molecule has 2 aromatic heterocycles. The number of aromatic nitrogens is 2. The van der Waals surface area contributed by atoms with Crippen LogP contribution in [0.3, 0.4) is 0 Å². The van der Waals surface area contributed by atoms with Crippen LogP contribution in [0.1, 0.15) is 49.7 Å². The van der Waals surface area contributed by atoms with Crippen molar-refractivity contribution in [2.45, 2.75) is 52.1 Å². The fraction of sp³-hybridized carbons (Fsp3) is 0.533. The number of nitrogens with zero attached hydrogens (tertiary/aromatic N) is 2. The number of fused-ring (bicyclic) bond motifs is 1. The minimum Gasteiger partial charge on any atom is -0.442 e. The number of furan rings is 1. The van der Waals surface area contributed by atoms with Crippen molar-refractivity contribution in [3.05, 3.63) is 17.7 Å². The van der Waals surface area contributed by atoms with Crippen LogP contribution in [0.2, 0.25) is 0 Å². The molecule has 0 aliphatic heterocycles. The van der Waals surface area contributed by atoms with Crippen molar-refractivity contribution in [2.24, 2.45) is 0 Å². The molecule has 0 unspecified atom stereocenters. The summed E-state index contributed by atoms with van der Waals surface area (Å²) >= 11 is 0. The van der Waals surface area contributed by atoms with Gasteiger partial charge in [-0.3, -0.25) is 4.79 Å². The third-order valence-corrected chi connectivity index (χ3v) is 3.73. The highest BCUT2D eigenvalue weighted by molar-refractivity contribution is 6.10. The lowest BCUT2D eigenvalue weighted by Crippen LogP contribution is -2.30.